The smallest absolute Gasteiger partial charge is 0.270 e. The molecule has 11 heteroatoms. The van der Waals surface area contributed by atoms with Crippen LogP contribution in [0.1, 0.15) is 23.7 Å². The Kier molecular flexibility index (Phi) is 6.28. The molecule has 2 aromatic carbocycles. The number of hydrogen-bond acceptors (Lipinski definition) is 8. The fourth-order valence-electron chi connectivity index (χ4n) is 3.36. The average molecular weight is 455 g/mol. The second-order valence-electron chi connectivity index (χ2n) is 7.12. The first-order valence-electron chi connectivity index (χ1n) is 10.1. The normalized spacial score (nSPS) is 13.7. The molecule has 0 bridgehead atoms. The maximum Gasteiger partial charge on any atom is 0.270 e. The van der Waals surface area contributed by atoms with E-state index < -0.39 is 10.8 Å². The molecule has 0 radical (unpaired) electrons. The highest BCUT2D eigenvalue weighted by molar-refractivity contribution is 7.22. The van der Waals surface area contributed by atoms with Gasteiger partial charge in [0.25, 0.3) is 11.6 Å². The number of hydrogen-bond donors (Lipinski definition) is 2. The van der Waals surface area contributed by atoms with Crippen molar-refractivity contribution >= 4 is 55.6 Å². The molecule has 32 heavy (non-hydrogen) atoms. The van der Waals surface area contributed by atoms with Gasteiger partial charge in [-0.25, -0.2) is 4.98 Å². The number of ether oxygens (including phenoxy) is 1. The SMILES string of the molecule is CCC(=O)Nc1nc2ccc(NC(=O)c3cc([N+](=O)[O-])ccc3N3CCOCC3)cc2s1. The number of fused-ring (bicyclic) bond motifs is 1. The minimum absolute atomic E-state index is 0.126. The van der Waals surface area contributed by atoms with E-state index in [1.165, 1.54) is 23.5 Å². The van der Waals surface area contributed by atoms with Crippen LogP contribution in [0.15, 0.2) is 36.4 Å². The van der Waals surface area contributed by atoms with Crippen LogP contribution in [0.2, 0.25) is 0 Å². The molecule has 2 heterocycles. The molecule has 2 N–H and O–H groups in total. The Morgan fingerprint density at radius 3 is 2.69 bits per heavy atom. The van der Waals surface area contributed by atoms with Gasteiger partial charge in [-0.1, -0.05) is 18.3 Å². The molecule has 1 aromatic heterocycles. The standard InChI is InChI=1S/C21H21N5O5S/c1-2-19(27)24-21-23-16-5-3-13(11-18(16)32-21)22-20(28)15-12-14(26(29)30)4-6-17(15)25-7-9-31-10-8-25/h3-6,11-12H,2,7-10H2,1H3,(H,22,28)(H,23,24,27). The predicted molar refractivity (Wildman–Crippen MR) is 123 cm³/mol. The minimum Gasteiger partial charge on any atom is -0.378 e. The molecule has 0 unspecified atom stereocenters. The lowest BCUT2D eigenvalue weighted by Crippen LogP contribution is -2.37. The van der Waals surface area contributed by atoms with Gasteiger partial charge in [-0.15, -0.1) is 0 Å². The van der Waals surface area contributed by atoms with Crippen LogP contribution in [0.25, 0.3) is 10.2 Å². The molecule has 0 saturated carbocycles. The van der Waals surface area contributed by atoms with E-state index in [1.807, 2.05) is 4.90 Å². The van der Waals surface area contributed by atoms with Gasteiger partial charge in [0.2, 0.25) is 5.91 Å². The summed E-state index contributed by atoms with van der Waals surface area (Å²) >= 11 is 1.30. The molecule has 3 aromatic rings. The van der Waals surface area contributed by atoms with Crippen molar-refractivity contribution in [2.75, 3.05) is 41.8 Å². The average Bonchev–Trinajstić information content (AvgIpc) is 3.20. The molecule has 10 nitrogen and oxygen atoms in total. The molecule has 4 rings (SSSR count). The molecule has 1 aliphatic rings. The molecule has 2 amide bonds. The highest BCUT2D eigenvalue weighted by Crippen LogP contribution is 2.30. The summed E-state index contributed by atoms with van der Waals surface area (Å²) in [4.78, 5) is 41.8. The maximum absolute atomic E-state index is 13.1. The first kappa shape index (κ1) is 21.7. The van der Waals surface area contributed by atoms with E-state index in [4.69, 9.17) is 4.74 Å². The highest BCUT2D eigenvalue weighted by atomic mass is 32.1. The number of nitrogens with zero attached hydrogens (tertiary/aromatic N) is 3. The Bertz CT molecular complexity index is 1190. The van der Waals surface area contributed by atoms with Crippen LogP contribution in [0.3, 0.4) is 0 Å². The van der Waals surface area contributed by atoms with Crippen molar-refractivity contribution in [2.45, 2.75) is 13.3 Å². The summed E-state index contributed by atoms with van der Waals surface area (Å²) < 4.78 is 6.16. The number of aromatic nitrogens is 1. The summed E-state index contributed by atoms with van der Waals surface area (Å²) in [6.07, 6.45) is 0.353. The Balaban J connectivity index is 1.61. The van der Waals surface area contributed by atoms with Gasteiger partial charge in [0, 0.05) is 37.3 Å². The summed E-state index contributed by atoms with van der Waals surface area (Å²) in [5.41, 5.74) is 1.92. The molecule has 1 saturated heterocycles. The fraction of sp³-hybridized carbons (Fsp3) is 0.286. The minimum atomic E-state index is -0.518. The first-order chi connectivity index (χ1) is 15.4. The Morgan fingerprint density at radius 2 is 1.97 bits per heavy atom. The van der Waals surface area contributed by atoms with Gasteiger partial charge < -0.3 is 20.3 Å². The van der Waals surface area contributed by atoms with Gasteiger partial charge >= 0.3 is 0 Å². The predicted octanol–water partition coefficient (Wildman–Crippen LogP) is 3.64. The topological polar surface area (TPSA) is 127 Å². The number of amides is 2. The van der Waals surface area contributed by atoms with Gasteiger partial charge in [0.05, 0.1) is 39.6 Å². The van der Waals surface area contributed by atoms with Crippen LogP contribution >= 0.6 is 11.3 Å². The third kappa shape index (κ3) is 4.68. The van der Waals surface area contributed by atoms with Crippen molar-refractivity contribution in [3.63, 3.8) is 0 Å². The number of benzene rings is 2. The number of nitrogens with one attached hydrogen (secondary N) is 2. The van der Waals surface area contributed by atoms with E-state index in [1.54, 1.807) is 31.2 Å². The van der Waals surface area contributed by atoms with Crippen LogP contribution < -0.4 is 15.5 Å². The number of nitro groups is 1. The number of thiazole rings is 1. The van der Waals surface area contributed by atoms with Crippen molar-refractivity contribution in [3.05, 3.63) is 52.1 Å². The summed E-state index contributed by atoms with van der Waals surface area (Å²) in [7, 11) is 0. The van der Waals surface area contributed by atoms with Gasteiger partial charge in [0.15, 0.2) is 5.13 Å². The van der Waals surface area contributed by atoms with Crippen LogP contribution in [-0.4, -0.2) is 48.0 Å². The summed E-state index contributed by atoms with van der Waals surface area (Å²) in [5.74, 6) is -0.572. The molecule has 1 aliphatic heterocycles. The highest BCUT2D eigenvalue weighted by Gasteiger charge is 2.22. The lowest BCUT2D eigenvalue weighted by atomic mass is 10.1. The second kappa shape index (κ2) is 9.28. The zero-order valence-electron chi connectivity index (χ0n) is 17.3. The third-order valence-electron chi connectivity index (χ3n) is 5.00. The van der Waals surface area contributed by atoms with Crippen molar-refractivity contribution in [2.24, 2.45) is 0 Å². The number of carbonyl (C=O) groups excluding carboxylic acids is 2. The summed E-state index contributed by atoms with van der Waals surface area (Å²) in [6.45, 7) is 4.00. The molecule has 1 fully saturated rings. The number of carbonyl (C=O) groups is 2. The van der Waals surface area contributed by atoms with Crippen LogP contribution in [-0.2, 0) is 9.53 Å². The van der Waals surface area contributed by atoms with E-state index in [2.05, 4.69) is 15.6 Å². The van der Waals surface area contributed by atoms with Crippen molar-refractivity contribution in [1.82, 2.24) is 4.98 Å². The summed E-state index contributed by atoms with van der Waals surface area (Å²) in [6, 6.07) is 9.52. The van der Waals surface area contributed by atoms with Crippen LogP contribution in [0.4, 0.5) is 22.2 Å². The number of morpholine rings is 1. The van der Waals surface area contributed by atoms with Gasteiger partial charge in [-0.05, 0) is 24.3 Å². The van der Waals surface area contributed by atoms with E-state index >= 15 is 0 Å². The summed E-state index contributed by atoms with van der Waals surface area (Å²) in [5, 5.41) is 17.3. The number of rotatable bonds is 6. The molecule has 0 spiro atoms. The monoisotopic (exact) mass is 455 g/mol. The maximum atomic E-state index is 13.1. The lowest BCUT2D eigenvalue weighted by molar-refractivity contribution is -0.384. The number of non-ortho nitro benzene ring substituents is 1. The largest absolute Gasteiger partial charge is 0.378 e. The second-order valence-corrected chi connectivity index (χ2v) is 8.15. The number of anilines is 3. The van der Waals surface area contributed by atoms with Crippen LogP contribution in [0.5, 0.6) is 0 Å². The van der Waals surface area contributed by atoms with Crippen molar-refractivity contribution in [3.8, 4) is 0 Å². The van der Waals surface area contributed by atoms with Crippen molar-refractivity contribution in [1.29, 1.82) is 0 Å². The Hall–Kier alpha value is -3.57. The first-order valence-corrected chi connectivity index (χ1v) is 10.9. The molecule has 0 atom stereocenters. The van der Waals surface area contributed by atoms with Gasteiger partial charge in [0.1, 0.15) is 0 Å². The third-order valence-corrected chi connectivity index (χ3v) is 5.93. The van der Waals surface area contributed by atoms with E-state index in [0.29, 0.717) is 54.7 Å². The van der Waals surface area contributed by atoms with Gasteiger partial charge in [-0.2, -0.15) is 0 Å². The van der Waals surface area contributed by atoms with Crippen LogP contribution in [0, 0.1) is 10.1 Å². The van der Waals surface area contributed by atoms with E-state index in [9.17, 15) is 19.7 Å². The number of nitro benzene ring substituents is 1. The zero-order chi connectivity index (χ0) is 22.7. The van der Waals surface area contributed by atoms with E-state index in [-0.39, 0.29) is 17.2 Å². The fourth-order valence-corrected chi connectivity index (χ4v) is 4.28. The molecular weight excluding hydrogens is 434 g/mol. The quantitative estimate of drug-likeness (QED) is 0.429. The molecular formula is C21H21N5O5S. The molecule has 166 valence electrons. The van der Waals surface area contributed by atoms with Gasteiger partial charge in [-0.3, -0.25) is 19.7 Å². The van der Waals surface area contributed by atoms with Crippen molar-refractivity contribution < 1.29 is 19.2 Å². The Labute approximate surface area is 187 Å². The lowest BCUT2D eigenvalue weighted by Gasteiger charge is -2.30. The van der Waals surface area contributed by atoms with E-state index in [0.717, 1.165) is 4.70 Å². The Morgan fingerprint density at radius 1 is 1.19 bits per heavy atom. The molecule has 0 aliphatic carbocycles. The zero-order valence-corrected chi connectivity index (χ0v) is 18.1.